The van der Waals surface area contributed by atoms with Crippen molar-refractivity contribution in [3.63, 3.8) is 0 Å². The van der Waals surface area contributed by atoms with Crippen LogP contribution in [0, 0.1) is 5.92 Å². The quantitative estimate of drug-likeness (QED) is 0.751. The molecule has 0 amide bonds. The molecule has 6 rings (SSSR count). The van der Waals surface area contributed by atoms with Crippen molar-refractivity contribution in [3.05, 3.63) is 52.5 Å². The average Bonchev–Trinajstić information content (AvgIpc) is 2.95. The van der Waals surface area contributed by atoms with Gasteiger partial charge >= 0.3 is 0 Å². The van der Waals surface area contributed by atoms with Gasteiger partial charge in [0.25, 0.3) is 0 Å². The topological polar surface area (TPSA) is 21.7 Å². The first-order valence-electron chi connectivity index (χ1n) is 8.69. The number of piperidine rings is 3. The third-order valence-corrected chi connectivity index (χ3v) is 6.28. The number of nitrogens with zero attached hydrogens (tertiary/aromatic N) is 1. The van der Waals surface area contributed by atoms with Crippen LogP contribution in [0.4, 0.5) is 0 Å². The van der Waals surface area contributed by atoms with Crippen LogP contribution < -0.4 is 9.47 Å². The summed E-state index contributed by atoms with van der Waals surface area (Å²) in [5.41, 5.74) is 1.25. The zero-order chi connectivity index (χ0) is 16.1. The van der Waals surface area contributed by atoms with E-state index in [2.05, 4.69) is 26.9 Å². The molecule has 0 aliphatic carbocycles. The highest BCUT2D eigenvalue weighted by atomic mass is 79.9. The normalized spacial score (nSPS) is 30.2. The summed E-state index contributed by atoms with van der Waals surface area (Å²) in [6, 6.07) is 14.1. The Kier molecular flexibility index (Phi) is 3.39. The van der Waals surface area contributed by atoms with Gasteiger partial charge in [0.05, 0.1) is 4.47 Å². The third kappa shape index (κ3) is 2.35. The van der Waals surface area contributed by atoms with Gasteiger partial charge in [0, 0.05) is 24.4 Å². The zero-order valence-corrected chi connectivity index (χ0v) is 15.1. The van der Waals surface area contributed by atoms with Crippen molar-refractivity contribution in [2.24, 2.45) is 5.92 Å². The second-order valence-corrected chi connectivity index (χ2v) is 8.06. The molecule has 2 bridgehead atoms. The average molecular weight is 386 g/mol. The van der Waals surface area contributed by atoms with Crippen molar-refractivity contribution in [1.82, 2.24) is 4.90 Å². The summed E-state index contributed by atoms with van der Waals surface area (Å²) < 4.78 is 13.6. The van der Waals surface area contributed by atoms with Crippen molar-refractivity contribution in [2.75, 3.05) is 19.6 Å². The molecule has 0 aromatic heterocycles. The lowest BCUT2D eigenvalue weighted by Gasteiger charge is -2.50. The van der Waals surface area contributed by atoms with Gasteiger partial charge in [0.1, 0.15) is 22.8 Å². The van der Waals surface area contributed by atoms with Gasteiger partial charge in [-0.3, -0.25) is 4.90 Å². The van der Waals surface area contributed by atoms with Crippen molar-refractivity contribution in [3.8, 4) is 17.2 Å². The molecule has 3 fully saturated rings. The molecule has 0 N–H and O–H groups in total. The van der Waals surface area contributed by atoms with Gasteiger partial charge in [-0.2, -0.15) is 0 Å². The Morgan fingerprint density at radius 1 is 1.08 bits per heavy atom. The van der Waals surface area contributed by atoms with Crippen molar-refractivity contribution >= 4 is 15.9 Å². The van der Waals surface area contributed by atoms with Crippen LogP contribution in [0.25, 0.3) is 0 Å². The van der Waals surface area contributed by atoms with Crippen molar-refractivity contribution in [2.45, 2.75) is 24.9 Å². The smallest absolute Gasteiger partial charge is 0.138 e. The van der Waals surface area contributed by atoms with Gasteiger partial charge in [-0.05, 0) is 66.1 Å². The van der Waals surface area contributed by atoms with E-state index in [4.69, 9.17) is 9.47 Å². The lowest BCUT2D eigenvalue weighted by Crippen LogP contribution is -2.61. The first kappa shape index (κ1) is 14.8. The highest BCUT2D eigenvalue weighted by Crippen LogP contribution is 2.50. The van der Waals surface area contributed by atoms with E-state index in [-0.39, 0.29) is 5.60 Å². The summed E-state index contributed by atoms with van der Waals surface area (Å²) in [4.78, 5) is 2.56. The van der Waals surface area contributed by atoms with Crippen LogP contribution in [0.2, 0.25) is 0 Å². The molecule has 3 saturated heterocycles. The van der Waals surface area contributed by atoms with Gasteiger partial charge in [-0.25, -0.2) is 0 Å². The van der Waals surface area contributed by atoms with Gasteiger partial charge in [0.2, 0.25) is 0 Å². The molecule has 4 aliphatic rings. The molecule has 0 radical (unpaired) electrons. The minimum atomic E-state index is -0.0211. The number of benzene rings is 2. The minimum Gasteiger partial charge on any atom is -0.484 e. The third-order valence-electron chi connectivity index (χ3n) is 5.69. The number of ether oxygens (including phenoxy) is 2. The number of para-hydroxylation sites is 1. The summed E-state index contributed by atoms with van der Waals surface area (Å²) in [5.74, 6) is 3.43. The Bertz CT molecular complexity index is 771. The summed E-state index contributed by atoms with van der Waals surface area (Å²) in [5, 5.41) is 0. The summed E-state index contributed by atoms with van der Waals surface area (Å²) >= 11 is 3.70. The largest absolute Gasteiger partial charge is 0.484 e. The number of hydrogen-bond acceptors (Lipinski definition) is 3. The van der Waals surface area contributed by atoms with Crippen molar-refractivity contribution in [1.29, 1.82) is 0 Å². The fourth-order valence-electron chi connectivity index (χ4n) is 4.55. The Hall–Kier alpha value is -1.52. The maximum Gasteiger partial charge on any atom is 0.138 e. The molecule has 4 heterocycles. The molecule has 0 saturated carbocycles. The zero-order valence-electron chi connectivity index (χ0n) is 13.5. The van der Waals surface area contributed by atoms with E-state index in [1.54, 1.807) is 0 Å². The molecular weight excluding hydrogens is 366 g/mol. The van der Waals surface area contributed by atoms with Gasteiger partial charge < -0.3 is 9.47 Å². The van der Waals surface area contributed by atoms with E-state index in [1.807, 2.05) is 36.4 Å². The number of hydrogen-bond donors (Lipinski definition) is 0. The fraction of sp³-hybridized carbons (Fsp3) is 0.400. The highest BCUT2D eigenvalue weighted by Gasteiger charge is 2.52. The Balaban J connectivity index is 1.45. The monoisotopic (exact) mass is 385 g/mol. The Morgan fingerprint density at radius 3 is 2.58 bits per heavy atom. The summed E-state index contributed by atoms with van der Waals surface area (Å²) in [7, 11) is 0. The van der Waals surface area contributed by atoms with Crippen LogP contribution in [-0.4, -0.2) is 30.1 Å². The van der Waals surface area contributed by atoms with E-state index < -0.39 is 0 Å². The highest BCUT2D eigenvalue weighted by molar-refractivity contribution is 9.10. The maximum atomic E-state index is 6.56. The van der Waals surface area contributed by atoms with Crippen LogP contribution in [0.5, 0.6) is 17.2 Å². The van der Waals surface area contributed by atoms with E-state index in [0.717, 1.165) is 34.7 Å². The van der Waals surface area contributed by atoms with Gasteiger partial charge in [-0.1, -0.05) is 18.2 Å². The van der Waals surface area contributed by atoms with E-state index in [1.165, 1.54) is 31.5 Å². The molecule has 24 heavy (non-hydrogen) atoms. The molecular formula is C20H20BrNO2. The van der Waals surface area contributed by atoms with Crippen LogP contribution in [0.15, 0.2) is 46.9 Å². The first-order chi connectivity index (χ1) is 11.7. The standard InChI is InChI=1S/C20H20BrNO2/c21-18-11-17(23-16-4-2-1-3-5-16)10-14-12-20(24-19(14)18)13-22-8-6-15(20)7-9-22/h1-5,10-11,15H,6-9,12-13H2. The van der Waals surface area contributed by atoms with Crippen LogP contribution in [-0.2, 0) is 6.42 Å². The summed E-state index contributed by atoms with van der Waals surface area (Å²) in [6.45, 7) is 3.53. The molecule has 3 nitrogen and oxygen atoms in total. The molecule has 4 heteroatoms. The van der Waals surface area contributed by atoms with E-state index in [9.17, 15) is 0 Å². The molecule has 1 spiro atoms. The fourth-order valence-corrected chi connectivity index (χ4v) is 5.12. The van der Waals surface area contributed by atoms with Gasteiger partial charge in [0.15, 0.2) is 0 Å². The molecule has 2 aromatic carbocycles. The molecule has 4 aliphatic heterocycles. The van der Waals surface area contributed by atoms with Crippen LogP contribution in [0.3, 0.4) is 0 Å². The molecule has 124 valence electrons. The van der Waals surface area contributed by atoms with Crippen LogP contribution in [0.1, 0.15) is 18.4 Å². The summed E-state index contributed by atoms with van der Waals surface area (Å²) in [6.07, 6.45) is 3.52. The lowest BCUT2D eigenvalue weighted by atomic mass is 9.73. The molecule has 1 unspecified atom stereocenters. The van der Waals surface area contributed by atoms with Crippen LogP contribution >= 0.6 is 15.9 Å². The second-order valence-electron chi connectivity index (χ2n) is 7.20. The van der Waals surface area contributed by atoms with Gasteiger partial charge in [-0.15, -0.1) is 0 Å². The van der Waals surface area contributed by atoms with E-state index in [0.29, 0.717) is 5.92 Å². The predicted molar refractivity (Wildman–Crippen MR) is 96.9 cm³/mol. The second kappa shape index (κ2) is 5.50. The lowest BCUT2D eigenvalue weighted by molar-refractivity contribution is -0.0801. The number of rotatable bonds is 2. The number of fused-ring (bicyclic) bond motifs is 3. The SMILES string of the molecule is Brc1cc(Oc2ccccc2)cc2c1OC1(C2)CN2CCC1CC2. The Labute approximate surface area is 150 Å². The molecule has 2 aromatic rings. The maximum absolute atomic E-state index is 6.56. The van der Waals surface area contributed by atoms with E-state index >= 15 is 0 Å². The minimum absolute atomic E-state index is 0.0211. The first-order valence-corrected chi connectivity index (χ1v) is 9.48. The molecule has 1 atom stereocenters. The Morgan fingerprint density at radius 2 is 1.88 bits per heavy atom. The van der Waals surface area contributed by atoms with Crippen molar-refractivity contribution < 1.29 is 9.47 Å². The predicted octanol–water partition coefficient (Wildman–Crippen LogP) is 4.64. The number of halogens is 1.